The number of hydrogen-bond donors (Lipinski definition) is 1. The number of thiophene rings is 1. The number of rotatable bonds is 7. The van der Waals surface area contributed by atoms with Crippen LogP contribution in [0.3, 0.4) is 0 Å². The van der Waals surface area contributed by atoms with E-state index in [2.05, 4.69) is 36.7 Å². The number of methoxy groups -OCH3 is 1. The van der Waals surface area contributed by atoms with Gasteiger partial charge in [0.2, 0.25) is 0 Å². The van der Waals surface area contributed by atoms with Gasteiger partial charge in [0.1, 0.15) is 0 Å². The molecule has 1 fully saturated rings. The maximum Gasteiger partial charge on any atom is 0.0986 e. The summed E-state index contributed by atoms with van der Waals surface area (Å²) in [5.74, 6) is 0. The molecule has 0 amide bonds. The van der Waals surface area contributed by atoms with Crippen LogP contribution in [0.2, 0.25) is 0 Å². The molecule has 3 atom stereocenters. The second-order valence-electron chi connectivity index (χ2n) is 5.78. The highest BCUT2D eigenvalue weighted by atomic mass is 32.1. The van der Waals surface area contributed by atoms with E-state index in [9.17, 15) is 0 Å². The monoisotopic (exact) mass is 283 g/mol. The van der Waals surface area contributed by atoms with E-state index in [1.165, 1.54) is 4.88 Å². The molecule has 1 aromatic heterocycles. The van der Waals surface area contributed by atoms with Gasteiger partial charge in [-0.1, -0.05) is 19.9 Å². The summed E-state index contributed by atoms with van der Waals surface area (Å²) in [7, 11) is 1.77. The lowest BCUT2D eigenvalue weighted by Crippen LogP contribution is -2.61. The fraction of sp³-hybridized carbons (Fsp3) is 0.733. The number of hydrogen-bond acceptors (Lipinski definition) is 4. The molecule has 0 spiro atoms. The summed E-state index contributed by atoms with van der Waals surface area (Å²) < 4.78 is 11.2. The van der Waals surface area contributed by atoms with Gasteiger partial charge in [-0.25, -0.2) is 0 Å². The van der Waals surface area contributed by atoms with Crippen molar-refractivity contribution in [1.29, 1.82) is 0 Å². The van der Waals surface area contributed by atoms with E-state index in [-0.39, 0.29) is 17.6 Å². The summed E-state index contributed by atoms with van der Waals surface area (Å²) in [5, 5.41) is 5.78. The Morgan fingerprint density at radius 2 is 2.26 bits per heavy atom. The highest BCUT2D eigenvalue weighted by Crippen LogP contribution is 2.30. The van der Waals surface area contributed by atoms with Gasteiger partial charge in [-0.05, 0) is 24.8 Å². The van der Waals surface area contributed by atoms with Crippen molar-refractivity contribution in [2.45, 2.75) is 50.9 Å². The molecule has 0 aromatic carbocycles. The number of ether oxygens (including phenoxy) is 2. The molecule has 3 nitrogen and oxygen atoms in total. The topological polar surface area (TPSA) is 30.5 Å². The molecule has 4 heteroatoms. The van der Waals surface area contributed by atoms with Gasteiger partial charge < -0.3 is 14.8 Å². The molecule has 19 heavy (non-hydrogen) atoms. The normalized spacial score (nSPS) is 27.3. The average Bonchev–Trinajstić information content (AvgIpc) is 2.87. The largest absolute Gasteiger partial charge is 0.377 e. The van der Waals surface area contributed by atoms with Crippen LogP contribution >= 0.6 is 11.3 Å². The van der Waals surface area contributed by atoms with Crippen molar-refractivity contribution in [2.24, 2.45) is 0 Å². The first kappa shape index (κ1) is 15.0. The van der Waals surface area contributed by atoms with Gasteiger partial charge in [-0.15, -0.1) is 11.3 Å². The third-order valence-electron chi connectivity index (χ3n) is 3.90. The minimum atomic E-state index is 0.170. The Kier molecular flexibility index (Phi) is 5.01. The Morgan fingerprint density at radius 3 is 2.84 bits per heavy atom. The second-order valence-corrected chi connectivity index (χ2v) is 6.73. The Bertz CT molecular complexity index is 378. The minimum Gasteiger partial charge on any atom is -0.377 e. The van der Waals surface area contributed by atoms with Crippen LogP contribution in [0.4, 0.5) is 0 Å². The fourth-order valence-corrected chi connectivity index (χ4v) is 3.46. The second kappa shape index (κ2) is 6.35. The summed E-state index contributed by atoms with van der Waals surface area (Å²) in [6, 6.07) is 4.75. The van der Waals surface area contributed by atoms with Crippen molar-refractivity contribution in [3.8, 4) is 0 Å². The standard InChI is InChI=1S/C15H25NO2S/c1-5-18-12-9-11(14(12)17-4)16-10-15(2,3)13-7-6-8-19-13/h6-8,11-12,14,16H,5,9-10H2,1-4H3. The van der Waals surface area contributed by atoms with Crippen LogP contribution in [0.5, 0.6) is 0 Å². The summed E-state index contributed by atoms with van der Waals surface area (Å²) in [5.41, 5.74) is 0.170. The SMILES string of the molecule is CCOC1CC(NCC(C)(C)c2cccs2)C1OC. The molecule has 0 saturated heterocycles. The molecule has 1 saturated carbocycles. The van der Waals surface area contributed by atoms with Crippen LogP contribution in [-0.2, 0) is 14.9 Å². The van der Waals surface area contributed by atoms with Crippen LogP contribution in [0, 0.1) is 0 Å². The molecule has 3 unspecified atom stereocenters. The van der Waals surface area contributed by atoms with Gasteiger partial charge in [0, 0.05) is 36.6 Å². The highest BCUT2D eigenvalue weighted by molar-refractivity contribution is 7.10. The zero-order valence-corrected chi connectivity index (χ0v) is 13.1. The lowest BCUT2D eigenvalue weighted by molar-refractivity contribution is -0.131. The number of nitrogens with one attached hydrogen (secondary N) is 1. The predicted molar refractivity (Wildman–Crippen MR) is 80.0 cm³/mol. The Hall–Kier alpha value is -0.420. The van der Waals surface area contributed by atoms with E-state index in [0.717, 1.165) is 19.6 Å². The first-order valence-corrected chi connectivity index (χ1v) is 7.88. The van der Waals surface area contributed by atoms with Crippen LogP contribution in [0.25, 0.3) is 0 Å². The van der Waals surface area contributed by atoms with Gasteiger partial charge in [-0.3, -0.25) is 0 Å². The molecule has 0 radical (unpaired) electrons. The van der Waals surface area contributed by atoms with Crippen molar-refractivity contribution in [1.82, 2.24) is 5.32 Å². The zero-order valence-electron chi connectivity index (χ0n) is 12.3. The molecule has 2 rings (SSSR count). The molecule has 1 aliphatic carbocycles. The third-order valence-corrected chi connectivity index (χ3v) is 5.13. The lowest BCUT2D eigenvalue weighted by atomic mass is 9.83. The van der Waals surface area contributed by atoms with E-state index >= 15 is 0 Å². The first-order chi connectivity index (χ1) is 9.08. The zero-order chi connectivity index (χ0) is 13.9. The summed E-state index contributed by atoms with van der Waals surface area (Å²) >= 11 is 1.83. The summed E-state index contributed by atoms with van der Waals surface area (Å²) in [4.78, 5) is 1.43. The molecule has 108 valence electrons. The van der Waals surface area contributed by atoms with Crippen molar-refractivity contribution < 1.29 is 9.47 Å². The maximum absolute atomic E-state index is 5.65. The predicted octanol–water partition coefficient (Wildman–Crippen LogP) is 2.81. The molecular formula is C15H25NO2S. The van der Waals surface area contributed by atoms with Crippen molar-refractivity contribution in [3.05, 3.63) is 22.4 Å². The Balaban J connectivity index is 1.83. The van der Waals surface area contributed by atoms with Crippen LogP contribution < -0.4 is 5.32 Å². The van der Waals surface area contributed by atoms with Gasteiger partial charge in [0.25, 0.3) is 0 Å². The average molecular weight is 283 g/mol. The lowest BCUT2D eigenvalue weighted by Gasteiger charge is -2.44. The van der Waals surface area contributed by atoms with Gasteiger partial charge in [-0.2, -0.15) is 0 Å². The third kappa shape index (κ3) is 3.37. The van der Waals surface area contributed by atoms with Crippen LogP contribution in [0.15, 0.2) is 17.5 Å². The fourth-order valence-electron chi connectivity index (χ4n) is 2.61. The van der Waals surface area contributed by atoms with Gasteiger partial charge >= 0.3 is 0 Å². The first-order valence-electron chi connectivity index (χ1n) is 7.00. The minimum absolute atomic E-state index is 0.170. The van der Waals surface area contributed by atoms with Gasteiger partial charge in [0.15, 0.2) is 0 Å². The van der Waals surface area contributed by atoms with Crippen LogP contribution in [-0.4, -0.2) is 38.5 Å². The van der Waals surface area contributed by atoms with E-state index in [0.29, 0.717) is 6.04 Å². The van der Waals surface area contributed by atoms with Crippen molar-refractivity contribution in [3.63, 3.8) is 0 Å². The van der Waals surface area contributed by atoms with E-state index in [1.807, 2.05) is 18.3 Å². The molecule has 1 aliphatic rings. The quantitative estimate of drug-likeness (QED) is 0.834. The molecule has 1 N–H and O–H groups in total. The highest BCUT2D eigenvalue weighted by Gasteiger charge is 2.42. The molecule has 0 bridgehead atoms. The van der Waals surface area contributed by atoms with Crippen molar-refractivity contribution in [2.75, 3.05) is 20.3 Å². The molecular weight excluding hydrogens is 258 g/mol. The Labute approximate surface area is 120 Å². The summed E-state index contributed by atoms with van der Waals surface area (Å²) in [6.45, 7) is 8.33. The molecule has 0 aliphatic heterocycles. The molecule has 1 heterocycles. The van der Waals surface area contributed by atoms with E-state index in [4.69, 9.17) is 9.47 Å². The Morgan fingerprint density at radius 1 is 1.47 bits per heavy atom. The van der Waals surface area contributed by atoms with E-state index < -0.39 is 0 Å². The van der Waals surface area contributed by atoms with Crippen LogP contribution in [0.1, 0.15) is 32.1 Å². The molecule has 1 aromatic rings. The maximum atomic E-state index is 5.65. The smallest absolute Gasteiger partial charge is 0.0986 e. The van der Waals surface area contributed by atoms with Gasteiger partial charge in [0.05, 0.1) is 12.2 Å². The van der Waals surface area contributed by atoms with E-state index in [1.54, 1.807) is 7.11 Å². The van der Waals surface area contributed by atoms with Crippen molar-refractivity contribution >= 4 is 11.3 Å². The summed E-state index contributed by atoms with van der Waals surface area (Å²) in [6.07, 6.45) is 1.50.